The lowest BCUT2D eigenvalue weighted by molar-refractivity contribution is -0.116. The number of nitrogens with zero attached hydrogens (tertiary/aromatic N) is 1. The molecular formula is C28H26N2O3S. The van der Waals surface area contributed by atoms with Crippen LogP contribution in [0.4, 0.5) is 5.13 Å². The van der Waals surface area contributed by atoms with Crippen LogP contribution in [0.1, 0.15) is 40.6 Å². The van der Waals surface area contributed by atoms with Crippen LogP contribution in [0.15, 0.2) is 84.9 Å². The molecule has 1 heterocycles. The highest BCUT2D eigenvalue weighted by Gasteiger charge is 2.16. The molecule has 1 amide bonds. The molecule has 0 unspecified atom stereocenters. The number of benzene rings is 3. The molecule has 0 aliphatic heterocycles. The molecule has 6 heteroatoms. The first-order valence-corrected chi connectivity index (χ1v) is 12.1. The number of carbonyl (C=O) groups is 2. The molecule has 172 valence electrons. The molecule has 0 saturated carbocycles. The molecule has 1 aromatic heterocycles. The summed E-state index contributed by atoms with van der Waals surface area (Å²) >= 11 is 1.47. The van der Waals surface area contributed by atoms with Crippen LogP contribution in [-0.4, -0.2) is 23.3 Å². The number of nitrogens with one attached hydrogen (secondary N) is 1. The lowest BCUT2D eigenvalue weighted by Crippen LogP contribution is -2.13. The Balaban J connectivity index is 1.42. The fourth-order valence-electron chi connectivity index (χ4n) is 3.58. The maximum Gasteiger partial charge on any atom is 0.226 e. The van der Waals surface area contributed by atoms with Crippen molar-refractivity contribution in [1.29, 1.82) is 0 Å². The van der Waals surface area contributed by atoms with Crippen molar-refractivity contribution in [1.82, 2.24) is 4.98 Å². The second-order valence-corrected chi connectivity index (χ2v) is 8.83. The quantitative estimate of drug-likeness (QED) is 0.272. The van der Waals surface area contributed by atoms with Gasteiger partial charge in [0.25, 0.3) is 0 Å². The van der Waals surface area contributed by atoms with Crippen molar-refractivity contribution in [3.8, 4) is 17.0 Å². The number of ketones is 1. The predicted molar refractivity (Wildman–Crippen MR) is 137 cm³/mol. The molecule has 0 saturated heterocycles. The molecule has 0 fully saturated rings. The monoisotopic (exact) mass is 470 g/mol. The second kappa shape index (κ2) is 11.4. The first kappa shape index (κ1) is 23.4. The van der Waals surface area contributed by atoms with Crippen LogP contribution in [0, 0.1) is 0 Å². The average Bonchev–Trinajstić information content (AvgIpc) is 3.26. The zero-order valence-corrected chi connectivity index (χ0v) is 19.8. The number of amides is 1. The molecule has 0 radical (unpaired) electrons. The van der Waals surface area contributed by atoms with Crippen LogP contribution in [0.5, 0.6) is 5.75 Å². The van der Waals surface area contributed by atoms with Crippen LogP contribution in [0.2, 0.25) is 0 Å². The topological polar surface area (TPSA) is 68.3 Å². The summed E-state index contributed by atoms with van der Waals surface area (Å²) in [5.74, 6) is 0.423. The number of anilines is 1. The van der Waals surface area contributed by atoms with E-state index in [1.165, 1.54) is 16.9 Å². The normalized spacial score (nSPS) is 10.6. The number of Topliss-reactive ketones (excluding diaryl/α,β-unsaturated/α-hetero) is 1. The van der Waals surface area contributed by atoms with Gasteiger partial charge in [-0.3, -0.25) is 9.59 Å². The number of hydrogen-bond donors (Lipinski definition) is 1. The molecule has 0 atom stereocenters. The molecule has 1 N–H and O–H groups in total. The van der Waals surface area contributed by atoms with Gasteiger partial charge < -0.3 is 10.1 Å². The minimum atomic E-state index is -0.223. The van der Waals surface area contributed by atoms with Gasteiger partial charge in [-0.25, -0.2) is 4.98 Å². The number of ether oxygens (including phenoxy) is 1. The van der Waals surface area contributed by atoms with E-state index in [1.54, 1.807) is 24.3 Å². The molecule has 0 aliphatic carbocycles. The highest BCUT2D eigenvalue weighted by Crippen LogP contribution is 2.33. The fraction of sp³-hybridized carbons (Fsp3) is 0.179. The minimum Gasteiger partial charge on any atom is -0.494 e. The number of carbonyl (C=O) groups excluding carboxylic acids is 2. The van der Waals surface area contributed by atoms with Gasteiger partial charge in [0, 0.05) is 35.3 Å². The highest BCUT2D eigenvalue weighted by molar-refractivity contribution is 7.16. The molecule has 4 rings (SSSR count). The largest absolute Gasteiger partial charge is 0.494 e. The van der Waals surface area contributed by atoms with Crippen molar-refractivity contribution >= 4 is 28.2 Å². The predicted octanol–water partition coefficient (Wildman–Crippen LogP) is 6.40. The van der Waals surface area contributed by atoms with Crippen LogP contribution < -0.4 is 10.1 Å². The Morgan fingerprint density at radius 1 is 0.882 bits per heavy atom. The van der Waals surface area contributed by atoms with Gasteiger partial charge in [0.15, 0.2) is 10.9 Å². The lowest BCUT2D eigenvalue weighted by Gasteiger charge is -2.05. The van der Waals surface area contributed by atoms with E-state index >= 15 is 0 Å². The second-order valence-electron chi connectivity index (χ2n) is 7.75. The summed E-state index contributed by atoms with van der Waals surface area (Å²) in [6.07, 6.45) is 0.961. The molecule has 0 bridgehead atoms. The first-order valence-electron chi connectivity index (χ1n) is 11.3. The third kappa shape index (κ3) is 6.17. The van der Waals surface area contributed by atoms with Gasteiger partial charge in [-0.15, -0.1) is 11.3 Å². The van der Waals surface area contributed by atoms with Gasteiger partial charge in [0.1, 0.15) is 5.75 Å². The van der Waals surface area contributed by atoms with E-state index in [4.69, 9.17) is 9.72 Å². The number of aromatic nitrogens is 1. The Morgan fingerprint density at radius 3 is 2.24 bits per heavy atom. The SMILES string of the molecule is CCOc1ccc(C(=O)CCC(=O)Nc2nc(-c3ccccc3)c(Cc3ccccc3)s2)cc1. The van der Waals surface area contributed by atoms with Crippen LogP contribution in [0.25, 0.3) is 11.3 Å². The summed E-state index contributed by atoms with van der Waals surface area (Å²) in [6.45, 7) is 2.48. The van der Waals surface area contributed by atoms with Crippen LogP contribution in [0.3, 0.4) is 0 Å². The van der Waals surface area contributed by atoms with Crippen molar-refractivity contribution in [2.75, 3.05) is 11.9 Å². The Labute approximate surface area is 203 Å². The summed E-state index contributed by atoms with van der Waals surface area (Å²) in [4.78, 5) is 30.9. The smallest absolute Gasteiger partial charge is 0.226 e. The molecule has 0 aliphatic rings. The van der Waals surface area contributed by atoms with Crippen molar-refractivity contribution in [2.45, 2.75) is 26.2 Å². The van der Waals surface area contributed by atoms with E-state index in [1.807, 2.05) is 55.5 Å². The Morgan fingerprint density at radius 2 is 1.56 bits per heavy atom. The lowest BCUT2D eigenvalue weighted by atomic mass is 10.1. The van der Waals surface area contributed by atoms with E-state index in [9.17, 15) is 9.59 Å². The maximum atomic E-state index is 12.6. The summed E-state index contributed by atoms with van der Waals surface area (Å²) in [7, 11) is 0. The molecule has 3 aromatic carbocycles. The van der Waals surface area contributed by atoms with Gasteiger partial charge in [0.05, 0.1) is 12.3 Å². The zero-order valence-electron chi connectivity index (χ0n) is 19.0. The third-order valence-corrected chi connectivity index (χ3v) is 6.24. The molecule has 4 aromatic rings. The van der Waals surface area contributed by atoms with E-state index < -0.39 is 0 Å². The Kier molecular flexibility index (Phi) is 7.83. The first-order chi connectivity index (χ1) is 16.6. The molecule has 34 heavy (non-hydrogen) atoms. The average molecular weight is 471 g/mol. The third-order valence-electron chi connectivity index (χ3n) is 5.26. The maximum absolute atomic E-state index is 12.6. The Bertz CT molecular complexity index is 1240. The summed E-state index contributed by atoms with van der Waals surface area (Å²) < 4.78 is 5.40. The van der Waals surface area contributed by atoms with Gasteiger partial charge in [-0.1, -0.05) is 60.7 Å². The number of rotatable bonds is 10. The van der Waals surface area contributed by atoms with E-state index in [2.05, 4.69) is 17.4 Å². The minimum absolute atomic E-state index is 0.0768. The van der Waals surface area contributed by atoms with Gasteiger partial charge in [-0.05, 0) is 36.8 Å². The van der Waals surface area contributed by atoms with Crippen molar-refractivity contribution in [3.63, 3.8) is 0 Å². The molecular weight excluding hydrogens is 444 g/mol. The Hall–Kier alpha value is -3.77. The summed E-state index contributed by atoms with van der Waals surface area (Å²) in [6, 6.07) is 27.2. The standard InChI is InChI=1S/C28H26N2O3S/c1-2-33-23-15-13-21(14-16-23)24(31)17-18-26(32)29-28-30-27(22-11-7-4-8-12-22)25(34-28)19-20-9-5-3-6-10-20/h3-16H,2,17-19H2,1H3,(H,29,30,32). The number of thiazole rings is 1. The fourth-order valence-corrected chi connectivity index (χ4v) is 4.62. The summed E-state index contributed by atoms with van der Waals surface area (Å²) in [5.41, 5.74) is 3.63. The van der Waals surface area contributed by atoms with E-state index in [-0.39, 0.29) is 24.5 Å². The van der Waals surface area contributed by atoms with Crippen LogP contribution >= 0.6 is 11.3 Å². The van der Waals surface area contributed by atoms with Crippen molar-refractivity contribution in [2.24, 2.45) is 0 Å². The number of hydrogen-bond acceptors (Lipinski definition) is 5. The van der Waals surface area contributed by atoms with Gasteiger partial charge in [-0.2, -0.15) is 0 Å². The van der Waals surface area contributed by atoms with Crippen molar-refractivity contribution < 1.29 is 14.3 Å². The molecule has 0 spiro atoms. The van der Waals surface area contributed by atoms with Crippen molar-refractivity contribution in [3.05, 3.63) is 101 Å². The zero-order chi connectivity index (χ0) is 23.8. The summed E-state index contributed by atoms with van der Waals surface area (Å²) in [5, 5.41) is 3.43. The molecule has 5 nitrogen and oxygen atoms in total. The van der Waals surface area contributed by atoms with Crippen LogP contribution in [-0.2, 0) is 11.2 Å². The van der Waals surface area contributed by atoms with Gasteiger partial charge >= 0.3 is 0 Å². The van der Waals surface area contributed by atoms with Gasteiger partial charge in [0.2, 0.25) is 5.91 Å². The van der Waals surface area contributed by atoms with E-state index in [0.717, 1.165) is 28.3 Å². The highest BCUT2D eigenvalue weighted by atomic mass is 32.1. The van der Waals surface area contributed by atoms with E-state index in [0.29, 0.717) is 17.3 Å².